The monoisotopic (exact) mass is 389 g/mol. The number of hydrogen-bond donors (Lipinski definition) is 3. The van der Waals surface area contributed by atoms with Crippen molar-refractivity contribution in [2.24, 2.45) is 0 Å². The first-order valence-corrected chi connectivity index (χ1v) is 9.24. The normalized spacial score (nSPS) is 11.1. The van der Waals surface area contributed by atoms with Gasteiger partial charge in [-0.05, 0) is 24.6 Å². The number of nitrogens with one attached hydrogen (secondary N) is 2. The predicted molar refractivity (Wildman–Crippen MR) is 104 cm³/mol. The summed E-state index contributed by atoms with van der Waals surface area (Å²) in [4.78, 5) is 39.7. The SMILES string of the molecule is Cc1nc(C(C)(C)C)sc1C(=O)Nc1ccc(CC(=O)NCC(=O)O)cc1. The van der Waals surface area contributed by atoms with Crippen molar-refractivity contribution in [3.63, 3.8) is 0 Å². The van der Waals surface area contributed by atoms with Gasteiger partial charge in [0.2, 0.25) is 5.91 Å². The number of rotatable bonds is 6. The molecule has 0 spiro atoms. The number of amides is 2. The van der Waals surface area contributed by atoms with Gasteiger partial charge in [-0.15, -0.1) is 11.3 Å². The number of nitrogens with zero attached hydrogens (tertiary/aromatic N) is 1. The summed E-state index contributed by atoms with van der Waals surface area (Å²) in [6, 6.07) is 6.85. The number of aryl methyl sites for hydroxylation is 1. The smallest absolute Gasteiger partial charge is 0.322 e. The molecule has 1 aromatic heterocycles. The average molecular weight is 389 g/mol. The molecule has 0 unspecified atom stereocenters. The van der Waals surface area contributed by atoms with Crippen LogP contribution < -0.4 is 10.6 Å². The van der Waals surface area contributed by atoms with E-state index in [4.69, 9.17) is 5.11 Å². The molecule has 2 aromatic rings. The van der Waals surface area contributed by atoms with E-state index in [0.29, 0.717) is 16.3 Å². The van der Waals surface area contributed by atoms with Crippen molar-refractivity contribution in [1.82, 2.24) is 10.3 Å². The highest BCUT2D eigenvalue weighted by atomic mass is 32.1. The lowest BCUT2D eigenvalue weighted by Gasteiger charge is -2.13. The fourth-order valence-electron chi connectivity index (χ4n) is 2.24. The van der Waals surface area contributed by atoms with E-state index in [1.54, 1.807) is 24.3 Å². The third-order valence-corrected chi connectivity index (χ3v) is 5.24. The predicted octanol–water partition coefficient (Wildman–Crippen LogP) is 2.74. The molecule has 0 aliphatic heterocycles. The number of aliphatic carboxylic acids is 1. The van der Waals surface area contributed by atoms with E-state index in [1.165, 1.54) is 11.3 Å². The molecule has 0 saturated heterocycles. The van der Waals surface area contributed by atoms with Crippen molar-refractivity contribution in [1.29, 1.82) is 0 Å². The fraction of sp³-hybridized carbons (Fsp3) is 0.368. The molecule has 1 heterocycles. The van der Waals surface area contributed by atoms with Crippen LogP contribution in [0, 0.1) is 6.92 Å². The Balaban J connectivity index is 2.00. The van der Waals surface area contributed by atoms with E-state index in [1.807, 2.05) is 6.92 Å². The van der Waals surface area contributed by atoms with Crippen LogP contribution in [0.25, 0.3) is 0 Å². The molecule has 0 saturated carbocycles. The number of carbonyl (C=O) groups excluding carboxylic acids is 2. The largest absolute Gasteiger partial charge is 0.480 e. The summed E-state index contributed by atoms with van der Waals surface area (Å²) in [5, 5.41) is 14.6. The Labute approximate surface area is 161 Å². The molecule has 0 bridgehead atoms. The van der Waals surface area contributed by atoms with Crippen molar-refractivity contribution >= 4 is 34.8 Å². The Morgan fingerprint density at radius 1 is 1.15 bits per heavy atom. The number of carboxylic acids is 1. The van der Waals surface area contributed by atoms with E-state index < -0.39 is 12.5 Å². The lowest BCUT2D eigenvalue weighted by Crippen LogP contribution is -2.30. The van der Waals surface area contributed by atoms with E-state index in [0.717, 1.165) is 10.6 Å². The Morgan fingerprint density at radius 2 is 1.78 bits per heavy atom. The highest BCUT2D eigenvalue weighted by Gasteiger charge is 2.23. The van der Waals surface area contributed by atoms with Gasteiger partial charge in [-0.1, -0.05) is 32.9 Å². The average Bonchev–Trinajstić information content (AvgIpc) is 2.97. The van der Waals surface area contributed by atoms with E-state index in [2.05, 4.69) is 36.4 Å². The second kappa shape index (κ2) is 8.30. The van der Waals surface area contributed by atoms with E-state index in [9.17, 15) is 14.4 Å². The van der Waals surface area contributed by atoms with E-state index >= 15 is 0 Å². The van der Waals surface area contributed by atoms with Crippen LogP contribution in [0.15, 0.2) is 24.3 Å². The molecular weight excluding hydrogens is 366 g/mol. The summed E-state index contributed by atoms with van der Waals surface area (Å²) in [6.07, 6.45) is 0.0738. The van der Waals surface area contributed by atoms with E-state index in [-0.39, 0.29) is 23.7 Å². The summed E-state index contributed by atoms with van der Waals surface area (Å²) in [7, 11) is 0. The first-order chi connectivity index (χ1) is 12.6. The van der Waals surface area contributed by atoms with Crippen LogP contribution in [-0.2, 0) is 21.4 Å². The molecular formula is C19H23N3O4S. The van der Waals surface area contributed by atoms with Gasteiger partial charge in [0.15, 0.2) is 0 Å². The van der Waals surface area contributed by atoms with Gasteiger partial charge in [-0.25, -0.2) is 4.98 Å². The van der Waals surface area contributed by atoms with Crippen molar-refractivity contribution in [3.05, 3.63) is 45.4 Å². The minimum absolute atomic E-state index is 0.0738. The van der Waals surface area contributed by atoms with Gasteiger partial charge in [0.1, 0.15) is 11.4 Å². The zero-order valence-corrected chi connectivity index (χ0v) is 16.6. The summed E-state index contributed by atoms with van der Waals surface area (Å²) in [5.74, 6) is -1.67. The molecule has 3 N–H and O–H groups in total. The Kier molecular flexibility index (Phi) is 6.32. The maximum absolute atomic E-state index is 12.5. The van der Waals surface area contributed by atoms with Crippen LogP contribution in [-0.4, -0.2) is 34.4 Å². The maximum atomic E-state index is 12.5. The van der Waals surface area contributed by atoms with Gasteiger partial charge >= 0.3 is 5.97 Å². The minimum atomic E-state index is -1.09. The highest BCUT2D eigenvalue weighted by Crippen LogP contribution is 2.29. The van der Waals surface area contributed by atoms with Gasteiger partial charge < -0.3 is 15.7 Å². The lowest BCUT2D eigenvalue weighted by atomic mass is 9.98. The van der Waals surface area contributed by atoms with Crippen molar-refractivity contribution in [2.75, 3.05) is 11.9 Å². The number of benzene rings is 1. The highest BCUT2D eigenvalue weighted by molar-refractivity contribution is 7.14. The topological polar surface area (TPSA) is 108 Å². The Bertz CT molecular complexity index is 851. The molecule has 7 nitrogen and oxygen atoms in total. The van der Waals surface area contributed by atoms with Crippen LogP contribution in [0.4, 0.5) is 5.69 Å². The third kappa shape index (κ3) is 5.89. The number of carbonyl (C=O) groups is 3. The van der Waals surface area contributed by atoms with Crippen LogP contribution in [0.1, 0.15) is 46.7 Å². The molecule has 0 aliphatic rings. The third-order valence-electron chi connectivity index (χ3n) is 3.66. The molecule has 0 radical (unpaired) electrons. The second-order valence-corrected chi connectivity index (χ2v) is 8.18. The van der Waals surface area contributed by atoms with Gasteiger partial charge in [0, 0.05) is 11.1 Å². The Hall–Kier alpha value is -2.74. The number of thiazole rings is 1. The maximum Gasteiger partial charge on any atom is 0.322 e. The summed E-state index contributed by atoms with van der Waals surface area (Å²) >= 11 is 1.39. The molecule has 2 amide bonds. The van der Waals surface area contributed by atoms with Crippen LogP contribution in [0.5, 0.6) is 0 Å². The number of hydrogen-bond acceptors (Lipinski definition) is 5. The van der Waals surface area contributed by atoms with Crippen molar-refractivity contribution in [3.8, 4) is 0 Å². The zero-order valence-electron chi connectivity index (χ0n) is 15.8. The number of carboxylic acid groups (broad SMARTS) is 1. The molecule has 27 heavy (non-hydrogen) atoms. The second-order valence-electron chi connectivity index (χ2n) is 7.18. The van der Waals surface area contributed by atoms with Gasteiger partial charge in [-0.2, -0.15) is 0 Å². The van der Waals surface area contributed by atoms with Crippen molar-refractivity contribution < 1.29 is 19.5 Å². The number of anilines is 1. The molecule has 0 atom stereocenters. The summed E-state index contributed by atoms with van der Waals surface area (Å²) in [5.41, 5.74) is 1.92. The molecule has 144 valence electrons. The van der Waals surface area contributed by atoms with Gasteiger partial charge in [0.25, 0.3) is 5.91 Å². The summed E-state index contributed by atoms with van der Waals surface area (Å²) in [6.45, 7) is 7.58. The molecule has 0 aliphatic carbocycles. The summed E-state index contributed by atoms with van der Waals surface area (Å²) < 4.78 is 0. The minimum Gasteiger partial charge on any atom is -0.480 e. The number of aromatic nitrogens is 1. The zero-order chi connectivity index (χ0) is 20.2. The van der Waals surface area contributed by atoms with Crippen molar-refractivity contribution in [2.45, 2.75) is 39.5 Å². The standard InChI is InChI=1S/C19H23N3O4S/c1-11-16(27-18(21-11)19(2,3)4)17(26)22-13-7-5-12(6-8-13)9-14(23)20-10-15(24)25/h5-8H,9-10H2,1-4H3,(H,20,23)(H,22,26)(H,24,25). The Morgan fingerprint density at radius 3 is 2.30 bits per heavy atom. The van der Waals surface area contributed by atoms with Gasteiger partial charge in [0.05, 0.1) is 17.1 Å². The lowest BCUT2D eigenvalue weighted by molar-refractivity contribution is -0.137. The van der Waals surface area contributed by atoms with Crippen LogP contribution in [0.3, 0.4) is 0 Å². The molecule has 1 aromatic carbocycles. The quantitative estimate of drug-likeness (QED) is 0.704. The molecule has 8 heteroatoms. The molecule has 2 rings (SSSR count). The first-order valence-electron chi connectivity index (χ1n) is 8.43. The van der Waals surface area contributed by atoms with Crippen LogP contribution in [0.2, 0.25) is 0 Å². The molecule has 0 fully saturated rings. The first kappa shape index (κ1) is 20.6. The van der Waals surface area contributed by atoms with Gasteiger partial charge in [-0.3, -0.25) is 14.4 Å². The fourth-order valence-corrected chi connectivity index (χ4v) is 3.26. The van der Waals surface area contributed by atoms with Crippen LogP contribution >= 0.6 is 11.3 Å².